The molecule has 1 aliphatic rings. The summed E-state index contributed by atoms with van der Waals surface area (Å²) in [4.78, 5) is 12.3. The van der Waals surface area contributed by atoms with Crippen LogP contribution in [0.3, 0.4) is 0 Å². The number of carbonyl (C=O) groups is 1. The van der Waals surface area contributed by atoms with E-state index in [-0.39, 0.29) is 17.0 Å². The van der Waals surface area contributed by atoms with Crippen molar-refractivity contribution >= 4 is 15.9 Å². The summed E-state index contributed by atoms with van der Waals surface area (Å²) in [5.74, 6) is -1.47. The maximum Gasteiger partial charge on any atom is 0.254 e. The summed E-state index contributed by atoms with van der Waals surface area (Å²) in [6.45, 7) is 2.96. The third kappa shape index (κ3) is 4.56. The maximum absolute atomic E-state index is 14.2. The van der Waals surface area contributed by atoms with E-state index in [1.54, 1.807) is 0 Å². The Kier molecular flexibility index (Phi) is 6.10. The standard InChI is InChI=1S/C20H22F2N2O3S/c1-14-8-10-24(11-9-14)28(26,27)17-6-7-19(22)18(12-17)20(25)23-13-15-2-4-16(21)5-3-15/h2-7,12,14H,8-11,13H2,1H3,(H,23,25). The number of halogens is 2. The molecule has 0 spiro atoms. The molecule has 0 unspecified atom stereocenters. The summed E-state index contributed by atoms with van der Waals surface area (Å²) >= 11 is 0. The highest BCUT2D eigenvalue weighted by Crippen LogP contribution is 2.24. The molecule has 5 nitrogen and oxygen atoms in total. The normalized spacial score (nSPS) is 16.1. The van der Waals surface area contributed by atoms with E-state index in [0.717, 1.165) is 25.0 Å². The summed E-state index contributed by atoms with van der Waals surface area (Å²) in [7, 11) is -3.79. The van der Waals surface area contributed by atoms with Gasteiger partial charge in [0.15, 0.2) is 0 Å². The van der Waals surface area contributed by atoms with E-state index >= 15 is 0 Å². The minimum Gasteiger partial charge on any atom is -0.348 e. The van der Waals surface area contributed by atoms with Crippen molar-refractivity contribution in [3.63, 3.8) is 0 Å². The van der Waals surface area contributed by atoms with Crippen LogP contribution in [0, 0.1) is 17.6 Å². The van der Waals surface area contributed by atoms with Gasteiger partial charge in [0.2, 0.25) is 10.0 Å². The van der Waals surface area contributed by atoms with Crippen molar-refractivity contribution in [1.82, 2.24) is 9.62 Å². The molecule has 0 bridgehead atoms. The maximum atomic E-state index is 14.2. The number of amides is 1. The van der Waals surface area contributed by atoms with Crippen molar-refractivity contribution in [2.75, 3.05) is 13.1 Å². The largest absolute Gasteiger partial charge is 0.348 e. The van der Waals surface area contributed by atoms with E-state index in [4.69, 9.17) is 0 Å². The lowest BCUT2D eigenvalue weighted by atomic mass is 10.0. The van der Waals surface area contributed by atoms with Gasteiger partial charge in [0.1, 0.15) is 11.6 Å². The first-order valence-electron chi connectivity index (χ1n) is 9.09. The fourth-order valence-electron chi connectivity index (χ4n) is 3.09. The van der Waals surface area contributed by atoms with E-state index in [2.05, 4.69) is 12.2 Å². The minimum atomic E-state index is -3.79. The second-order valence-corrected chi connectivity index (χ2v) is 8.98. The van der Waals surface area contributed by atoms with Gasteiger partial charge >= 0.3 is 0 Å². The first-order chi connectivity index (χ1) is 13.3. The molecular formula is C20H22F2N2O3S. The molecule has 0 aromatic heterocycles. The van der Waals surface area contributed by atoms with Crippen LogP contribution in [0.2, 0.25) is 0 Å². The molecule has 0 saturated carbocycles. The predicted octanol–water partition coefficient (Wildman–Crippen LogP) is 3.32. The number of nitrogens with zero attached hydrogens (tertiary/aromatic N) is 1. The first kappa shape index (κ1) is 20.4. The fraction of sp³-hybridized carbons (Fsp3) is 0.350. The van der Waals surface area contributed by atoms with Gasteiger partial charge in [0.05, 0.1) is 10.5 Å². The van der Waals surface area contributed by atoms with Gasteiger partial charge in [-0.05, 0) is 54.7 Å². The van der Waals surface area contributed by atoms with Crippen LogP contribution in [0.5, 0.6) is 0 Å². The molecule has 1 aliphatic heterocycles. The molecule has 0 atom stereocenters. The lowest BCUT2D eigenvalue weighted by Gasteiger charge is -2.29. The lowest BCUT2D eigenvalue weighted by molar-refractivity contribution is 0.0946. The average Bonchev–Trinajstić information content (AvgIpc) is 2.68. The molecule has 1 amide bonds. The molecule has 0 aliphatic carbocycles. The van der Waals surface area contributed by atoms with Crippen molar-refractivity contribution in [1.29, 1.82) is 0 Å². The molecule has 1 fully saturated rings. The van der Waals surface area contributed by atoms with Gasteiger partial charge in [-0.3, -0.25) is 4.79 Å². The topological polar surface area (TPSA) is 66.5 Å². The van der Waals surface area contributed by atoms with Crippen molar-refractivity contribution in [2.45, 2.75) is 31.2 Å². The van der Waals surface area contributed by atoms with Gasteiger partial charge in [0.25, 0.3) is 5.91 Å². The molecule has 8 heteroatoms. The number of carbonyl (C=O) groups excluding carboxylic acids is 1. The van der Waals surface area contributed by atoms with Crippen LogP contribution < -0.4 is 5.32 Å². The van der Waals surface area contributed by atoms with Gasteiger partial charge in [-0.15, -0.1) is 0 Å². The number of benzene rings is 2. The minimum absolute atomic E-state index is 0.0690. The molecule has 3 rings (SSSR count). The molecule has 1 heterocycles. The second kappa shape index (κ2) is 8.36. The van der Waals surface area contributed by atoms with Crippen LogP contribution >= 0.6 is 0 Å². The molecule has 2 aromatic carbocycles. The van der Waals surface area contributed by atoms with Gasteiger partial charge < -0.3 is 5.32 Å². The van der Waals surface area contributed by atoms with Crippen molar-refractivity contribution in [3.05, 3.63) is 65.2 Å². The Morgan fingerprint density at radius 1 is 1.11 bits per heavy atom. The zero-order valence-corrected chi connectivity index (χ0v) is 16.3. The summed E-state index contributed by atoms with van der Waals surface area (Å²) in [5, 5.41) is 2.53. The highest BCUT2D eigenvalue weighted by molar-refractivity contribution is 7.89. The molecule has 28 heavy (non-hydrogen) atoms. The van der Waals surface area contributed by atoms with Crippen LogP contribution in [0.25, 0.3) is 0 Å². The summed E-state index contributed by atoms with van der Waals surface area (Å²) in [5.41, 5.74) is 0.301. The van der Waals surface area contributed by atoms with Gasteiger partial charge in [-0.25, -0.2) is 17.2 Å². The van der Waals surface area contributed by atoms with Gasteiger partial charge in [-0.2, -0.15) is 4.31 Å². The Balaban J connectivity index is 1.76. The average molecular weight is 408 g/mol. The van der Waals surface area contributed by atoms with E-state index in [1.165, 1.54) is 34.6 Å². The molecule has 1 N–H and O–H groups in total. The van der Waals surface area contributed by atoms with Gasteiger partial charge in [0, 0.05) is 19.6 Å². The smallest absolute Gasteiger partial charge is 0.254 e. The number of sulfonamides is 1. The summed E-state index contributed by atoms with van der Waals surface area (Å²) in [6.07, 6.45) is 1.54. The van der Waals surface area contributed by atoms with E-state index < -0.39 is 27.6 Å². The second-order valence-electron chi connectivity index (χ2n) is 7.04. The third-order valence-electron chi connectivity index (χ3n) is 4.93. The summed E-state index contributed by atoms with van der Waals surface area (Å²) in [6, 6.07) is 8.77. The Morgan fingerprint density at radius 2 is 1.75 bits per heavy atom. The Labute approximate surface area is 163 Å². The zero-order valence-electron chi connectivity index (χ0n) is 15.5. The van der Waals surface area contributed by atoms with Crippen LogP contribution in [0.4, 0.5) is 8.78 Å². The molecule has 150 valence electrons. The van der Waals surface area contributed by atoms with E-state index in [9.17, 15) is 22.0 Å². The summed E-state index contributed by atoms with van der Waals surface area (Å²) < 4.78 is 54.1. The molecular weight excluding hydrogens is 386 g/mol. The fourth-order valence-corrected chi connectivity index (χ4v) is 4.59. The van der Waals surface area contributed by atoms with Crippen molar-refractivity contribution in [3.8, 4) is 0 Å². The monoisotopic (exact) mass is 408 g/mol. The molecule has 1 saturated heterocycles. The Bertz CT molecular complexity index is 954. The van der Waals surface area contributed by atoms with Gasteiger partial charge in [-0.1, -0.05) is 19.1 Å². The number of rotatable bonds is 5. The number of piperidine rings is 1. The predicted molar refractivity (Wildman–Crippen MR) is 101 cm³/mol. The van der Waals surface area contributed by atoms with Crippen LogP contribution in [0.15, 0.2) is 47.4 Å². The van der Waals surface area contributed by atoms with Crippen LogP contribution in [-0.4, -0.2) is 31.7 Å². The first-order valence-corrected chi connectivity index (χ1v) is 10.5. The highest BCUT2D eigenvalue weighted by atomic mass is 32.2. The van der Waals surface area contributed by atoms with E-state index in [0.29, 0.717) is 24.6 Å². The Morgan fingerprint density at radius 3 is 2.39 bits per heavy atom. The van der Waals surface area contributed by atoms with Crippen LogP contribution in [0.1, 0.15) is 35.7 Å². The van der Waals surface area contributed by atoms with Crippen molar-refractivity contribution in [2.24, 2.45) is 5.92 Å². The highest BCUT2D eigenvalue weighted by Gasteiger charge is 2.29. The number of hydrogen-bond donors (Lipinski definition) is 1. The van der Waals surface area contributed by atoms with Crippen molar-refractivity contribution < 1.29 is 22.0 Å². The number of nitrogens with one attached hydrogen (secondary N) is 1. The molecule has 0 radical (unpaired) electrons. The molecule has 2 aromatic rings. The Hall–Kier alpha value is -2.32. The SMILES string of the molecule is CC1CCN(S(=O)(=O)c2ccc(F)c(C(=O)NCc3ccc(F)cc3)c2)CC1. The third-order valence-corrected chi connectivity index (χ3v) is 6.82. The quantitative estimate of drug-likeness (QED) is 0.825. The van der Waals surface area contributed by atoms with E-state index in [1.807, 2.05) is 0 Å². The lowest BCUT2D eigenvalue weighted by Crippen LogP contribution is -2.38. The zero-order chi connectivity index (χ0) is 20.3. The van der Waals surface area contributed by atoms with Crippen LogP contribution in [-0.2, 0) is 16.6 Å². The number of hydrogen-bond acceptors (Lipinski definition) is 3.